The fraction of sp³-hybridized carbons (Fsp3) is 0.0526. The zero-order chi connectivity index (χ0) is 17.9. The number of rotatable bonds is 4. The number of ether oxygens (including phenoxy) is 1. The van der Waals surface area contributed by atoms with Gasteiger partial charge in [0.1, 0.15) is 24.1 Å². The molecule has 2 aromatic carbocycles. The standard InChI is InChI=1S/C19H13F2N3O2/c20-14-3-1-2-12(6-14)13-4-5-16(17(21)7-13)18-8-19(24-26-18)25-15-9-22-11-23-10-15/h1-11,18,24H/t18-/m1/s1. The minimum absolute atomic E-state index is 0.318. The van der Waals surface area contributed by atoms with Gasteiger partial charge in [-0.25, -0.2) is 24.2 Å². The van der Waals surface area contributed by atoms with Gasteiger partial charge in [-0.1, -0.05) is 24.3 Å². The molecule has 0 unspecified atom stereocenters. The zero-order valence-corrected chi connectivity index (χ0v) is 13.4. The van der Waals surface area contributed by atoms with Crippen molar-refractivity contribution in [3.05, 3.63) is 90.3 Å². The Morgan fingerprint density at radius 3 is 2.58 bits per heavy atom. The highest BCUT2D eigenvalue weighted by Gasteiger charge is 2.23. The molecule has 0 aliphatic carbocycles. The second-order valence-electron chi connectivity index (χ2n) is 5.59. The fourth-order valence-electron chi connectivity index (χ4n) is 2.61. The van der Waals surface area contributed by atoms with Gasteiger partial charge in [0.15, 0.2) is 5.75 Å². The van der Waals surface area contributed by atoms with Gasteiger partial charge in [-0.15, -0.1) is 0 Å². The first kappa shape index (κ1) is 16.2. The van der Waals surface area contributed by atoms with Crippen molar-refractivity contribution >= 4 is 0 Å². The lowest BCUT2D eigenvalue weighted by Gasteiger charge is -2.10. The Bertz CT molecular complexity index is 964. The zero-order valence-electron chi connectivity index (χ0n) is 13.4. The Labute approximate surface area is 147 Å². The Hall–Kier alpha value is -3.32. The summed E-state index contributed by atoms with van der Waals surface area (Å²) in [5.41, 5.74) is 4.12. The van der Waals surface area contributed by atoms with Crippen molar-refractivity contribution in [1.29, 1.82) is 0 Å². The van der Waals surface area contributed by atoms with Crippen molar-refractivity contribution in [2.75, 3.05) is 0 Å². The van der Waals surface area contributed by atoms with Gasteiger partial charge in [-0.2, -0.15) is 0 Å². The second kappa shape index (κ2) is 6.89. The van der Waals surface area contributed by atoms with Crippen molar-refractivity contribution in [1.82, 2.24) is 15.4 Å². The van der Waals surface area contributed by atoms with E-state index in [9.17, 15) is 8.78 Å². The van der Waals surface area contributed by atoms with E-state index >= 15 is 0 Å². The number of hydrogen-bond acceptors (Lipinski definition) is 5. The van der Waals surface area contributed by atoms with Gasteiger partial charge < -0.3 is 4.74 Å². The summed E-state index contributed by atoms with van der Waals surface area (Å²) in [5.74, 6) is -0.0835. The summed E-state index contributed by atoms with van der Waals surface area (Å²) >= 11 is 0. The average Bonchev–Trinajstić information content (AvgIpc) is 3.10. The van der Waals surface area contributed by atoms with Gasteiger partial charge in [0.25, 0.3) is 0 Å². The van der Waals surface area contributed by atoms with E-state index in [-0.39, 0.29) is 5.82 Å². The molecule has 2 heterocycles. The summed E-state index contributed by atoms with van der Waals surface area (Å²) in [6.45, 7) is 0. The summed E-state index contributed by atoms with van der Waals surface area (Å²) in [6, 6.07) is 10.7. The van der Waals surface area contributed by atoms with Gasteiger partial charge >= 0.3 is 0 Å². The van der Waals surface area contributed by atoms with Crippen LogP contribution in [-0.2, 0) is 4.84 Å². The Morgan fingerprint density at radius 2 is 1.81 bits per heavy atom. The van der Waals surface area contributed by atoms with E-state index in [1.54, 1.807) is 30.3 Å². The van der Waals surface area contributed by atoms with E-state index in [0.29, 0.717) is 28.3 Å². The first-order chi connectivity index (χ1) is 12.7. The van der Waals surface area contributed by atoms with Gasteiger partial charge in [0.05, 0.1) is 12.4 Å². The lowest BCUT2D eigenvalue weighted by molar-refractivity contribution is 0.0256. The van der Waals surface area contributed by atoms with Crippen LogP contribution in [0.4, 0.5) is 8.78 Å². The van der Waals surface area contributed by atoms with Crippen LogP contribution in [0.5, 0.6) is 5.75 Å². The summed E-state index contributed by atoms with van der Waals surface area (Å²) < 4.78 is 33.4. The predicted molar refractivity (Wildman–Crippen MR) is 89.5 cm³/mol. The largest absolute Gasteiger partial charge is 0.436 e. The van der Waals surface area contributed by atoms with Crippen molar-refractivity contribution in [2.24, 2.45) is 0 Å². The van der Waals surface area contributed by atoms with Crippen LogP contribution in [0, 0.1) is 11.6 Å². The van der Waals surface area contributed by atoms with Crippen LogP contribution >= 0.6 is 0 Å². The topological polar surface area (TPSA) is 56.3 Å². The SMILES string of the molecule is Fc1cccc(-c2ccc([C@H]3C=C(Oc4cncnc4)NO3)c(F)c2)c1. The van der Waals surface area contributed by atoms with Crippen LogP contribution in [0.25, 0.3) is 11.1 Å². The quantitative estimate of drug-likeness (QED) is 0.770. The maximum absolute atomic E-state index is 14.6. The first-order valence-electron chi connectivity index (χ1n) is 7.81. The lowest BCUT2D eigenvalue weighted by Crippen LogP contribution is -2.12. The maximum atomic E-state index is 14.6. The van der Waals surface area contributed by atoms with Crippen LogP contribution in [0.3, 0.4) is 0 Å². The van der Waals surface area contributed by atoms with E-state index in [1.807, 2.05) is 0 Å². The molecule has 1 aromatic heterocycles. The van der Waals surface area contributed by atoms with E-state index in [4.69, 9.17) is 9.57 Å². The molecule has 1 N–H and O–H groups in total. The van der Waals surface area contributed by atoms with Gasteiger partial charge in [0.2, 0.25) is 5.88 Å². The van der Waals surface area contributed by atoms with Gasteiger partial charge in [0, 0.05) is 11.6 Å². The summed E-state index contributed by atoms with van der Waals surface area (Å²) in [4.78, 5) is 13.0. The minimum atomic E-state index is -0.656. The Balaban J connectivity index is 1.55. The number of nitrogens with zero attached hydrogens (tertiary/aromatic N) is 2. The van der Waals surface area contributed by atoms with Crippen LogP contribution in [0.1, 0.15) is 11.7 Å². The van der Waals surface area contributed by atoms with Gasteiger partial charge in [-0.3, -0.25) is 4.84 Å². The molecule has 130 valence electrons. The summed E-state index contributed by atoms with van der Waals surface area (Å²) in [6.07, 6.45) is 5.33. The highest BCUT2D eigenvalue weighted by atomic mass is 19.1. The molecule has 0 saturated heterocycles. The molecule has 0 spiro atoms. The van der Waals surface area contributed by atoms with E-state index in [0.717, 1.165) is 0 Å². The average molecular weight is 353 g/mol. The third-order valence-corrected chi connectivity index (χ3v) is 3.82. The molecule has 7 heteroatoms. The van der Waals surface area contributed by atoms with Crippen LogP contribution < -0.4 is 10.2 Å². The van der Waals surface area contributed by atoms with Crippen LogP contribution in [0.2, 0.25) is 0 Å². The normalized spacial score (nSPS) is 16.1. The molecule has 0 amide bonds. The van der Waals surface area contributed by atoms with E-state index in [2.05, 4.69) is 15.4 Å². The summed E-state index contributed by atoms with van der Waals surface area (Å²) in [7, 11) is 0. The highest BCUT2D eigenvalue weighted by Crippen LogP contribution is 2.30. The second-order valence-corrected chi connectivity index (χ2v) is 5.59. The smallest absolute Gasteiger partial charge is 0.216 e. The number of hydroxylamine groups is 1. The molecule has 1 atom stereocenters. The molecule has 3 aromatic rings. The van der Waals surface area contributed by atoms with Crippen molar-refractivity contribution in [3.63, 3.8) is 0 Å². The fourth-order valence-corrected chi connectivity index (χ4v) is 2.61. The minimum Gasteiger partial charge on any atom is -0.436 e. The number of benzene rings is 2. The van der Waals surface area contributed by atoms with Crippen molar-refractivity contribution in [3.8, 4) is 16.9 Å². The van der Waals surface area contributed by atoms with Crippen LogP contribution in [-0.4, -0.2) is 9.97 Å². The predicted octanol–water partition coefficient (Wildman–Crippen LogP) is 3.92. The number of aromatic nitrogens is 2. The molecule has 1 aliphatic heterocycles. The molecule has 0 saturated carbocycles. The lowest BCUT2D eigenvalue weighted by atomic mass is 10.0. The molecular weight excluding hydrogens is 340 g/mol. The van der Waals surface area contributed by atoms with Crippen molar-refractivity contribution in [2.45, 2.75) is 6.10 Å². The monoisotopic (exact) mass is 353 g/mol. The molecule has 0 fully saturated rings. The summed E-state index contributed by atoms with van der Waals surface area (Å²) in [5, 5.41) is 0. The molecule has 0 bridgehead atoms. The first-order valence-corrected chi connectivity index (χ1v) is 7.81. The molecule has 5 nitrogen and oxygen atoms in total. The number of halogens is 2. The number of hydrogen-bond donors (Lipinski definition) is 1. The Morgan fingerprint density at radius 1 is 1.00 bits per heavy atom. The third kappa shape index (κ3) is 3.38. The highest BCUT2D eigenvalue weighted by molar-refractivity contribution is 5.64. The van der Waals surface area contributed by atoms with Gasteiger partial charge in [-0.05, 0) is 29.3 Å². The molecule has 26 heavy (non-hydrogen) atoms. The van der Waals surface area contributed by atoms with E-state index in [1.165, 1.54) is 36.9 Å². The third-order valence-electron chi connectivity index (χ3n) is 3.82. The molecule has 1 aliphatic rings. The molecule has 4 rings (SSSR count). The number of nitrogens with one attached hydrogen (secondary N) is 1. The molecule has 0 radical (unpaired) electrons. The van der Waals surface area contributed by atoms with E-state index < -0.39 is 11.9 Å². The molecular formula is C19H13F2N3O2. The van der Waals surface area contributed by atoms with Crippen molar-refractivity contribution < 1.29 is 18.4 Å². The maximum Gasteiger partial charge on any atom is 0.216 e. The Kier molecular flexibility index (Phi) is 4.28. The van der Waals surface area contributed by atoms with Crippen LogP contribution in [0.15, 0.2) is 73.1 Å².